The van der Waals surface area contributed by atoms with Crippen LogP contribution in [-0.4, -0.2) is 4.83 Å². The molecule has 0 N–H and O–H groups in total. The third kappa shape index (κ3) is 4.38. The Bertz CT molecular complexity index is 59.4. The van der Waals surface area contributed by atoms with Gasteiger partial charge in [-0.3, -0.25) is 0 Å². The zero-order valence-corrected chi connectivity index (χ0v) is 6.95. The van der Waals surface area contributed by atoms with Crippen molar-refractivity contribution in [3.05, 3.63) is 12.7 Å². The molecular weight excluding hydrogens is 164 g/mol. The van der Waals surface area contributed by atoms with Crippen LogP contribution in [0, 0.1) is 0 Å². The van der Waals surface area contributed by atoms with Crippen LogP contribution < -0.4 is 0 Å². The molecule has 0 aromatic heterocycles. The van der Waals surface area contributed by atoms with Gasteiger partial charge in [0.15, 0.2) is 0 Å². The van der Waals surface area contributed by atoms with E-state index in [-0.39, 0.29) is 0 Å². The summed E-state index contributed by atoms with van der Waals surface area (Å²) in [5.74, 6) is 0. The Kier molecular flexibility index (Phi) is 5.51. The second-order valence-electron chi connectivity index (χ2n) is 1.91. The van der Waals surface area contributed by atoms with Gasteiger partial charge in [-0.2, -0.15) is 0 Å². The Morgan fingerprint density at radius 3 is 2.75 bits per heavy atom. The van der Waals surface area contributed by atoms with E-state index in [1.165, 1.54) is 12.8 Å². The van der Waals surface area contributed by atoms with Crippen molar-refractivity contribution < 1.29 is 0 Å². The summed E-state index contributed by atoms with van der Waals surface area (Å²) in [7, 11) is 0. The van der Waals surface area contributed by atoms with E-state index in [4.69, 9.17) is 0 Å². The summed E-state index contributed by atoms with van der Waals surface area (Å²) in [6.07, 6.45) is 5.55. The molecule has 1 unspecified atom stereocenters. The van der Waals surface area contributed by atoms with Crippen LogP contribution in [0.25, 0.3) is 0 Å². The Morgan fingerprint density at radius 1 is 1.75 bits per heavy atom. The second-order valence-corrected chi connectivity index (χ2v) is 3.21. The molecule has 0 bridgehead atoms. The van der Waals surface area contributed by atoms with Gasteiger partial charge in [0.2, 0.25) is 0 Å². The van der Waals surface area contributed by atoms with Crippen LogP contribution in [0.3, 0.4) is 0 Å². The number of hydrogen-bond acceptors (Lipinski definition) is 0. The standard InChI is InChI=1S/C7H13Br/c1-3-5-7(8)6-4-2/h3,7H,1,4-6H2,2H3. The molecule has 0 amide bonds. The van der Waals surface area contributed by atoms with E-state index in [1.54, 1.807) is 0 Å². The number of hydrogen-bond donors (Lipinski definition) is 0. The maximum atomic E-state index is 3.65. The third-order valence-electron chi connectivity index (χ3n) is 1.02. The minimum Gasteiger partial charge on any atom is -0.103 e. The van der Waals surface area contributed by atoms with Gasteiger partial charge in [-0.15, -0.1) is 6.58 Å². The minimum absolute atomic E-state index is 0.657. The summed E-state index contributed by atoms with van der Waals surface area (Å²) >= 11 is 3.53. The van der Waals surface area contributed by atoms with Crippen LogP contribution >= 0.6 is 15.9 Å². The molecule has 0 spiro atoms. The molecule has 1 atom stereocenters. The summed E-state index contributed by atoms with van der Waals surface area (Å²) in [6, 6.07) is 0. The van der Waals surface area contributed by atoms with Crippen molar-refractivity contribution in [1.29, 1.82) is 0 Å². The van der Waals surface area contributed by atoms with Crippen molar-refractivity contribution in [1.82, 2.24) is 0 Å². The summed E-state index contributed by atoms with van der Waals surface area (Å²) in [6.45, 7) is 5.84. The first kappa shape index (κ1) is 8.22. The smallest absolute Gasteiger partial charge is 0.0180 e. The van der Waals surface area contributed by atoms with Crippen LogP contribution in [-0.2, 0) is 0 Å². The van der Waals surface area contributed by atoms with E-state index in [0.29, 0.717) is 4.83 Å². The highest BCUT2D eigenvalue weighted by Gasteiger charge is 1.96. The zero-order valence-electron chi connectivity index (χ0n) is 5.36. The average molecular weight is 177 g/mol. The van der Waals surface area contributed by atoms with Gasteiger partial charge in [0.25, 0.3) is 0 Å². The molecule has 0 nitrogen and oxygen atoms in total. The topological polar surface area (TPSA) is 0 Å². The lowest BCUT2D eigenvalue weighted by Crippen LogP contribution is -1.92. The Balaban J connectivity index is 3.03. The zero-order chi connectivity index (χ0) is 6.41. The lowest BCUT2D eigenvalue weighted by molar-refractivity contribution is 0.757. The van der Waals surface area contributed by atoms with Crippen LogP contribution in [0.5, 0.6) is 0 Å². The van der Waals surface area contributed by atoms with Crippen molar-refractivity contribution >= 4 is 15.9 Å². The highest BCUT2D eigenvalue weighted by atomic mass is 79.9. The van der Waals surface area contributed by atoms with Gasteiger partial charge < -0.3 is 0 Å². The second kappa shape index (κ2) is 5.36. The van der Waals surface area contributed by atoms with E-state index >= 15 is 0 Å². The number of halogens is 1. The van der Waals surface area contributed by atoms with E-state index in [0.717, 1.165) is 6.42 Å². The van der Waals surface area contributed by atoms with Crippen molar-refractivity contribution in [3.63, 3.8) is 0 Å². The first-order chi connectivity index (χ1) is 3.81. The molecule has 0 aliphatic rings. The fourth-order valence-corrected chi connectivity index (χ4v) is 1.33. The lowest BCUT2D eigenvalue weighted by atomic mass is 10.2. The van der Waals surface area contributed by atoms with Gasteiger partial charge in [0.1, 0.15) is 0 Å². The molecule has 0 aromatic carbocycles. The maximum absolute atomic E-state index is 3.65. The fourth-order valence-electron chi connectivity index (χ4n) is 0.612. The van der Waals surface area contributed by atoms with Gasteiger partial charge in [-0.1, -0.05) is 35.4 Å². The van der Waals surface area contributed by atoms with E-state index in [9.17, 15) is 0 Å². The summed E-state index contributed by atoms with van der Waals surface area (Å²) < 4.78 is 0. The molecule has 48 valence electrons. The largest absolute Gasteiger partial charge is 0.103 e. The maximum Gasteiger partial charge on any atom is 0.0180 e. The SMILES string of the molecule is C=CCC(Br)CCC. The fraction of sp³-hybridized carbons (Fsp3) is 0.714. The van der Waals surface area contributed by atoms with E-state index in [2.05, 4.69) is 29.4 Å². The van der Waals surface area contributed by atoms with Crippen LogP contribution in [0.15, 0.2) is 12.7 Å². The summed E-state index contributed by atoms with van der Waals surface area (Å²) in [5.41, 5.74) is 0. The van der Waals surface area contributed by atoms with Gasteiger partial charge in [0.05, 0.1) is 0 Å². The molecular formula is C7H13Br. The molecule has 0 heterocycles. The third-order valence-corrected chi connectivity index (χ3v) is 1.86. The molecule has 8 heavy (non-hydrogen) atoms. The Labute approximate surface area is 60.1 Å². The molecule has 0 radical (unpaired) electrons. The molecule has 0 aromatic rings. The monoisotopic (exact) mass is 176 g/mol. The molecule has 0 saturated carbocycles. The Morgan fingerprint density at radius 2 is 2.38 bits per heavy atom. The molecule has 1 heteroatoms. The Hall–Kier alpha value is 0.220. The number of rotatable bonds is 4. The highest BCUT2D eigenvalue weighted by molar-refractivity contribution is 9.09. The molecule has 0 aliphatic carbocycles. The molecule has 0 aliphatic heterocycles. The normalized spacial score (nSPS) is 13.2. The summed E-state index contributed by atoms with van der Waals surface area (Å²) in [5, 5.41) is 0. The predicted octanol–water partition coefficient (Wildman–Crippen LogP) is 3.13. The van der Waals surface area contributed by atoms with E-state index < -0.39 is 0 Å². The van der Waals surface area contributed by atoms with Crippen LogP contribution in [0.1, 0.15) is 26.2 Å². The van der Waals surface area contributed by atoms with Gasteiger partial charge in [0, 0.05) is 4.83 Å². The lowest BCUT2D eigenvalue weighted by Gasteiger charge is -2.01. The summed E-state index contributed by atoms with van der Waals surface area (Å²) in [4.78, 5) is 0.657. The molecule has 0 rings (SSSR count). The van der Waals surface area contributed by atoms with Gasteiger partial charge in [-0.25, -0.2) is 0 Å². The quantitative estimate of drug-likeness (QED) is 0.457. The van der Waals surface area contributed by atoms with Crippen LogP contribution in [0.4, 0.5) is 0 Å². The van der Waals surface area contributed by atoms with Crippen LogP contribution in [0.2, 0.25) is 0 Å². The molecule has 0 fully saturated rings. The predicted molar refractivity (Wildman–Crippen MR) is 42.4 cm³/mol. The molecule has 0 saturated heterocycles. The van der Waals surface area contributed by atoms with E-state index in [1.807, 2.05) is 6.08 Å². The minimum atomic E-state index is 0.657. The van der Waals surface area contributed by atoms with Crippen molar-refractivity contribution in [2.45, 2.75) is 31.0 Å². The number of alkyl halides is 1. The first-order valence-electron chi connectivity index (χ1n) is 3.06. The van der Waals surface area contributed by atoms with Crippen molar-refractivity contribution in [2.24, 2.45) is 0 Å². The average Bonchev–Trinajstić information content (AvgIpc) is 1.68. The number of allylic oxidation sites excluding steroid dienone is 1. The first-order valence-corrected chi connectivity index (χ1v) is 3.97. The van der Waals surface area contributed by atoms with Crippen molar-refractivity contribution in [2.75, 3.05) is 0 Å². The van der Waals surface area contributed by atoms with Crippen molar-refractivity contribution in [3.8, 4) is 0 Å². The van der Waals surface area contributed by atoms with Gasteiger partial charge in [-0.05, 0) is 12.8 Å². The highest BCUT2D eigenvalue weighted by Crippen LogP contribution is 2.11. The van der Waals surface area contributed by atoms with Gasteiger partial charge >= 0.3 is 0 Å².